The lowest BCUT2D eigenvalue weighted by atomic mass is 9.91. The maximum Gasteiger partial charge on any atom is 0.0667 e. The molecule has 2 nitrogen and oxygen atoms in total. The third kappa shape index (κ3) is 2.76. The SMILES string of the molecule is CCCC(O)CN(C)C1CCC1. The van der Waals surface area contributed by atoms with E-state index in [4.69, 9.17) is 0 Å². The van der Waals surface area contributed by atoms with Crippen LogP contribution in [0.4, 0.5) is 0 Å². The Bertz CT molecular complexity index is 123. The molecule has 0 aromatic carbocycles. The van der Waals surface area contributed by atoms with Crippen molar-refractivity contribution in [3.05, 3.63) is 0 Å². The molecule has 0 aromatic heterocycles. The van der Waals surface area contributed by atoms with Gasteiger partial charge < -0.3 is 10.0 Å². The fourth-order valence-corrected chi connectivity index (χ4v) is 1.73. The number of rotatable bonds is 5. The molecule has 0 spiro atoms. The van der Waals surface area contributed by atoms with Gasteiger partial charge in [0, 0.05) is 12.6 Å². The highest BCUT2D eigenvalue weighted by atomic mass is 16.3. The Hall–Kier alpha value is -0.0800. The van der Waals surface area contributed by atoms with E-state index in [1.165, 1.54) is 19.3 Å². The monoisotopic (exact) mass is 171 g/mol. The quantitative estimate of drug-likeness (QED) is 0.679. The Morgan fingerprint density at radius 3 is 2.58 bits per heavy atom. The van der Waals surface area contributed by atoms with Crippen LogP contribution in [0.3, 0.4) is 0 Å². The van der Waals surface area contributed by atoms with Crippen LogP contribution in [-0.2, 0) is 0 Å². The van der Waals surface area contributed by atoms with Crippen LogP contribution in [0.5, 0.6) is 0 Å². The highest BCUT2D eigenvalue weighted by molar-refractivity contribution is 4.79. The van der Waals surface area contributed by atoms with Crippen LogP contribution in [-0.4, -0.2) is 35.7 Å². The van der Waals surface area contributed by atoms with Crippen LogP contribution in [0.25, 0.3) is 0 Å². The first-order valence-corrected chi connectivity index (χ1v) is 5.12. The summed E-state index contributed by atoms with van der Waals surface area (Å²) in [6, 6.07) is 0.761. The summed E-state index contributed by atoms with van der Waals surface area (Å²) in [6.07, 6.45) is 5.95. The second-order valence-corrected chi connectivity index (χ2v) is 3.97. The van der Waals surface area contributed by atoms with Gasteiger partial charge in [-0.3, -0.25) is 0 Å². The Morgan fingerprint density at radius 1 is 1.50 bits per heavy atom. The fraction of sp³-hybridized carbons (Fsp3) is 1.00. The summed E-state index contributed by atoms with van der Waals surface area (Å²) in [5.74, 6) is 0. The van der Waals surface area contributed by atoms with E-state index in [0.717, 1.165) is 25.4 Å². The lowest BCUT2D eigenvalue weighted by molar-refractivity contribution is 0.0726. The van der Waals surface area contributed by atoms with E-state index < -0.39 is 0 Å². The van der Waals surface area contributed by atoms with Gasteiger partial charge in [0.2, 0.25) is 0 Å². The summed E-state index contributed by atoms with van der Waals surface area (Å²) >= 11 is 0. The minimum atomic E-state index is -0.111. The smallest absolute Gasteiger partial charge is 0.0667 e. The molecule has 0 heterocycles. The van der Waals surface area contributed by atoms with Crippen molar-refractivity contribution in [2.24, 2.45) is 0 Å². The Labute approximate surface area is 75.6 Å². The van der Waals surface area contributed by atoms with E-state index in [1.54, 1.807) is 0 Å². The molecule has 1 N–H and O–H groups in total. The molecule has 12 heavy (non-hydrogen) atoms. The average Bonchev–Trinajstić information content (AvgIpc) is 1.82. The van der Waals surface area contributed by atoms with Crippen LogP contribution in [0.2, 0.25) is 0 Å². The van der Waals surface area contributed by atoms with E-state index in [1.807, 2.05) is 0 Å². The molecule has 0 saturated heterocycles. The van der Waals surface area contributed by atoms with Crippen molar-refractivity contribution in [2.75, 3.05) is 13.6 Å². The summed E-state index contributed by atoms with van der Waals surface area (Å²) in [7, 11) is 2.13. The highest BCUT2D eigenvalue weighted by Crippen LogP contribution is 2.23. The fourth-order valence-electron chi connectivity index (χ4n) is 1.73. The summed E-state index contributed by atoms with van der Waals surface area (Å²) in [5, 5.41) is 9.55. The molecule has 72 valence electrons. The minimum Gasteiger partial charge on any atom is -0.392 e. The lowest BCUT2D eigenvalue weighted by Crippen LogP contribution is -2.41. The Balaban J connectivity index is 2.11. The molecule has 1 atom stereocenters. The Kier molecular flexibility index (Phi) is 4.02. The van der Waals surface area contributed by atoms with Gasteiger partial charge in [-0.2, -0.15) is 0 Å². The van der Waals surface area contributed by atoms with Gasteiger partial charge in [0.1, 0.15) is 0 Å². The highest BCUT2D eigenvalue weighted by Gasteiger charge is 2.22. The van der Waals surface area contributed by atoms with Crippen molar-refractivity contribution in [1.29, 1.82) is 0 Å². The third-order valence-corrected chi connectivity index (χ3v) is 2.82. The maximum atomic E-state index is 9.55. The average molecular weight is 171 g/mol. The molecule has 1 aliphatic carbocycles. The standard InChI is InChI=1S/C10H21NO/c1-3-5-10(12)8-11(2)9-6-4-7-9/h9-10,12H,3-8H2,1-2H3. The lowest BCUT2D eigenvalue weighted by Gasteiger charge is -2.35. The molecule has 1 unspecified atom stereocenters. The summed E-state index contributed by atoms with van der Waals surface area (Å²) < 4.78 is 0. The van der Waals surface area contributed by atoms with Gasteiger partial charge in [0.05, 0.1) is 6.10 Å². The molecule has 0 aliphatic heterocycles. The van der Waals surface area contributed by atoms with Crippen LogP contribution in [0.1, 0.15) is 39.0 Å². The molecule has 0 radical (unpaired) electrons. The molecule has 0 aromatic rings. The molecule has 2 heteroatoms. The normalized spacial score (nSPS) is 21.0. The molecule has 1 rings (SSSR count). The van der Waals surface area contributed by atoms with Gasteiger partial charge in [-0.15, -0.1) is 0 Å². The van der Waals surface area contributed by atoms with E-state index >= 15 is 0 Å². The van der Waals surface area contributed by atoms with Crippen LogP contribution in [0, 0.1) is 0 Å². The van der Waals surface area contributed by atoms with Gasteiger partial charge in [0.15, 0.2) is 0 Å². The number of likely N-dealkylation sites (N-methyl/N-ethyl adjacent to an activating group) is 1. The van der Waals surface area contributed by atoms with Crippen LogP contribution in [0.15, 0.2) is 0 Å². The molecular formula is C10H21NO. The number of nitrogens with zero attached hydrogens (tertiary/aromatic N) is 1. The number of aliphatic hydroxyl groups is 1. The summed E-state index contributed by atoms with van der Waals surface area (Å²) in [6.45, 7) is 2.98. The van der Waals surface area contributed by atoms with Gasteiger partial charge in [-0.05, 0) is 26.3 Å². The third-order valence-electron chi connectivity index (χ3n) is 2.82. The number of hydrogen-bond acceptors (Lipinski definition) is 2. The Morgan fingerprint density at radius 2 is 2.17 bits per heavy atom. The van der Waals surface area contributed by atoms with Crippen molar-refractivity contribution in [3.8, 4) is 0 Å². The van der Waals surface area contributed by atoms with Crippen LogP contribution < -0.4 is 0 Å². The van der Waals surface area contributed by atoms with Crippen LogP contribution >= 0.6 is 0 Å². The summed E-state index contributed by atoms with van der Waals surface area (Å²) in [4.78, 5) is 2.31. The first kappa shape index (κ1) is 10.0. The maximum absolute atomic E-state index is 9.55. The van der Waals surface area contributed by atoms with Crippen molar-refractivity contribution >= 4 is 0 Å². The van der Waals surface area contributed by atoms with Crippen molar-refractivity contribution in [3.63, 3.8) is 0 Å². The zero-order valence-electron chi connectivity index (χ0n) is 8.29. The van der Waals surface area contributed by atoms with Gasteiger partial charge >= 0.3 is 0 Å². The second kappa shape index (κ2) is 4.83. The van der Waals surface area contributed by atoms with E-state index in [9.17, 15) is 5.11 Å². The molecule has 1 fully saturated rings. The predicted molar refractivity (Wildman–Crippen MR) is 51.2 cm³/mol. The molecule has 0 bridgehead atoms. The molecular weight excluding hydrogens is 150 g/mol. The number of hydrogen-bond donors (Lipinski definition) is 1. The van der Waals surface area contributed by atoms with E-state index in [0.29, 0.717) is 0 Å². The molecule has 1 saturated carbocycles. The largest absolute Gasteiger partial charge is 0.392 e. The zero-order valence-corrected chi connectivity index (χ0v) is 8.29. The van der Waals surface area contributed by atoms with Crippen molar-refractivity contribution in [2.45, 2.75) is 51.2 Å². The van der Waals surface area contributed by atoms with Gasteiger partial charge in [-0.1, -0.05) is 19.8 Å². The minimum absolute atomic E-state index is 0.111. The van der Waals surface area contributed by atoms with E-state index in [2.05, 4.69) is 18.9 Å². The first-order chi connectivity index (χ1) is 5.74. The second-order valence-electron chi connectivity index (χ2n) is 3.97. The van der Waals surface area contributed by atoms with Crippen molar-refractivity contribution < 1.29 is 5.11 Å². The van der Waals surface area contributed by atoms with Gasteiger partial charge in [-0.25, -0.2) is 0 Å². The summed E-state index contributed by atoms with van der Waals surface area (Å²) in [5.41, 5.74) is 0. The zero-order chi connectivity index (χ0) is 8.97. The predicted octanol–water partition coefficient (Wildman–Crippen LogP) is 1.63. The van der Waals surface area contributed by atoms with Crippen molar-refractivity contribution in [1.82, 2.24) is 4.90 Å². The topological polar surface area (TPSA) is 23.5 Å². The van der Waals surface area contributed by atoms with E-state index in [-0.39, 0.29) is 6.10 Å². The molecule has 0 amide bonds. The molecule has 1 aliphatic rings. The first-order valence-electron chi connectivity index (χ1n) is 5.12. The van der Waals surface area contributed by atoms with Gasteiger partial charge in [0.25, 0.3) is 0 Å². The number of aliphatic hydroxyl groups excluding tert-OH is 1.